The number of carbonyl (C=O) groups excluding carboxylic acids is 3. The van der Waals surface area contributed by atoms with E-state index in [4.69, 9.17) is 0 Å². The molecule has 0 aliphatic rings. The Hall–Kier alpha value is -4.60. The predicted molar refractivity (Wildman–Crippen MR) is 135 cm³/mol. The smallest absolute Gasteiger partial charge is 0.305 e. The standard InChI is InChI=1S/C27H26FN3O6/c28-18-23(32)22(17-25(34)35)31(24(33)15-7-11-19-9-3-1-4-10-19)30-16-8-14-21(27(30)37)29-26(36)20-12-5-2-6-13-20/h1-6,8-10,12-14,16,22H,7,11,15,17-18H2,(H,29,36)(H,34,35)/t22-/m1/s1. The molecule has 0 aliphatic carbocycles. The summed E-state index contributed by atoms with van der Waals surface area (Å²) in [4.78, 5) is 63.0. The Morgan fingerprint density at radius 3 is 2.22 bits per heavy atom. The summed E-state index contributed by atoms with van der Waals surface area (Å²) in [7, 11) is 0. The lowest BCUT2D eigenvalue weighted by molar-refractivity contribution is -0.140. The number of hydrogen-bond acceptors (Lipinski definition) is 5. The van der Waals surface area contributed by atoms with Gasteiger partial charge in [-0.25, -0.2) is 14.1 Å². The Morgan fingerprint density at radius 2 is 1.59 bits per heavy atom. The number of hydrogen-bond donors (Lipinski definition) is 2. The molecule has 0 radical (unpaired) electrons. The number of amides is 2. The minimum absolute atomic E-state index is 0.141. The van der Waals surface area contributed by atoms with Crippen LogP contribution in [0.1, 0.15) is 35.2 Å². The first kappa shape index (κ1) is 27.0. The van der Waals surface area contributed by atoms with Gasteiger partial charge in [-0.2, -0.15) is 0 Å². The molecule has 2 N–H and O–H groups in total. The van der Waals surface area contributed by atoms with Crippen LogP contribution in [0.2, 0.25) is 0 Å². The maximum Gasteiger partial charge on any atom is 0.305 e. The summed E-state index contributed by atoms with van der Waals surface area (Å²) in [6.45, 7) is -1.52. The normalized spacial score (nSPS) is 11.4. The Kier molecular flexibility index (Phi) is 9.42. The average Bonchev–Trinajstić information content (AvgIpc) is 2.90. The fraction of sp³-hybridized carbons (Fsp3) is 0.222. The average molecular weight is 508 g/mol. The van der Waals surface area contributed by atoms with E-state index in [-0.39, 0.29) is 17.7 Å². The second-order valence-corrected chi connectivity index (χ2v) is 8.18. The Labute approximate surface area is 212 Å². The molecule has 0 fully saturated rings. The number of aliphatic carboxylic acids is 1. The van der Waals surface area contributed by atoms with Crippen molar-refractivity contribution in [1.82, 2.24) is 4.68 Å². The molecular formula is C27H26FN3O6. The second-order valence-electron chi connectivity index (χ2n) is 8.18. The molecular weight excluding hydrogens is 481 g/mol. The van der Waals surface area contributed by atoms with Crippen LogP contribution >= 0.6 is 0 Å². The van der Waals surface area contributed by atoms with Crippen molar-refractivity contribution in [3.05, 3.63) is 100 Å². The van der Waals surface area contributed by atoms with Gasteiger partial charge in [-0.15, -0.1) is 0 Å². The monoisotopic (exact) mass is 507 g/mol. The van der Waals surface area contributed by atoms with Crippen molar-refractivity contribution in [3.63, 3.8) is 0 Å². The maximum absolute atomic E-state index is 13.4. The molecule has 192 valence electrons. The van der Waals surface area contributed by atoms with E-state index in [9.17, 15) is 33.5 Å². The highest BCUT2D eigenvalue weighted by atomic mass is 19.1. The van der Waals surface area contributed by atoms with Gasteiger partial charge >= 0.3 is 5.97 Å². The number of carboxylic acids is 1. The van der Waals surface area contributed by atoms with E-state index in [0.29, 0.717) is 17.9 Å². The van der Waals surface area contributed by atoms with Gasteiger partial charge in [0, 0.05) is 18.2 Å². The van der Waals surface area contributed by atoms with Gasteiger partial charge in [0.2, 0.25) is 5.91 Å². The number of halogens is 1. The fourth-order valence-electron chi connectivity index (χ4n) is 3.77. The molecule has 0 unspecified atom stereocenters. The number of carboxylic acid groups (broad SMARTS) is 1. The first-order valence-electron chi connectivity index (χ1n) is 11.6. The highest BCUT2D eigenvalue weighted by Crippen LogP contribution is 2.13. The Balaban J connectivity index is 1.94. The molecule has 2 aromatic carbocycles. The first-order chi connectivity index (χ1) is 17.8. The number of anilines is 1. The molecule has 0 saturated heterocycles. The van der Waals surface area contributed by atoms with Crippen LogP contribution in [0.25, 0.3) is 0 Å². The molecule has 9 nitrogen and oxygen atoms in total. The zero-order valence-corrected chi connectivity index (χ0v) is 19.9. The van der Waals surface area contributed by atoms with Gasteiger partial charge < -0.3 is 10.4 Å². The molecule has 2 amide bonds. The summed E-state index contributed by atoms with van der Waals surface area (Å²) in [6, 6.07) is 18.3. The van der Waals surface area contributed by atoms with Crippen LogP contribution in [0.5, 0.6) is 0 Å². The van der Waals surface area contributed by atoms with Crippen LogP contribution in [0, 0.1) is 0 Å². The van der Waals surface area contributed by atoms with E-state index in [1.165, 1.54) is 12.1 Å². The summed E-state index contributed by atoms with van der Waals surface area (Å²) in [5.74, 6) is -3.93. The van der Waals surface area contributed by atoms with Crippen molar-refractivity contribution in [1.29, 1.82) is 0 Å². The SMILES string of the molecule is O=C(O)C[C@H](C(=O)CF)N(C(=O)CCCc1ccccc1)n1cccc(NC(=O)c2ccccc2)c1=O. The molecule has 0 bridgehead atoms. The van der Waals surface area contributed by atoms with Crippen molar-refractivity contribution in [3.8, 4) is 0 Å². The third-order valence-electron chi connectivity index (χ3n) is 5.57. The molecule has 1 aromatic heterocycles. The van der Waals surface area contributed by atoms with Crippen molar-refractivity contribution in [2.75, 3.05) is 17.0 Å². The zero-order valence-electron chi connectivity index (χ0n) is 19.9. The molecule has 0 aliphatic heterocycles. The molecule has 3 aromatic rings. The van der Waals surface area contributed by atoms with Gasteiger partial charge in [-0.1, -0.05) is 48.5 Å². The van der Waals surface area contributed by atoms with Crippen LogP contribution in [0.3, 0.4) is 0 Å². The number of rotatable bonds is 12. The predicted octanol–water partition coefficient (Wildman–Crippen LogP) is 2.97. The van der Waals surface area contributed by atoms with Gasteiger partial charge in [0.25, 0.3) is 11.5 Å². The van der Waals surface area contributed by atoms with Crippen LogP contribution in [0.15, 0.2) is 83.8 Å². The lowest BCUT2D eigenvalue weighted by Gasteiger charge is -2.31. The quantitative estimate of drug-likeness (QED) is 0.388. The topological polar surface area (TPSA) is 126 Å². The van der Waals surface area contributed by atoms with Crippen LogP contribution in [0.4, 0.5) is 10.1 Å². The van der Waals surface area contributed by atoms with Crippen LogP contribution in [-0.4, -0.2) is 46.1 Å². The van der Waals surface area contributed by atoms with Crippen LogP contribution in [-0.2, 0) is 20.8 Å². The summed E-state index contributed by atoms with van der Waals surface area (Å²) in [5.41, 5.74) is 0.152. The van der Waals surface area contributed by atoms with E-state index >= 15 is 0 Å². The highest BCUT2D eigenvalue weighted by molar-refractivity contribution is 6.04. The first-order valence-corrected chi connectivity index (χ1v) is 11.6. The number of pyridine rings is 1. The fourth-order valence-corrected chi connectivity index (χ4v) is 3.77. The Morgan fingerprint density at radius 1 is 0.946 bits per heavy atom. The third kappa shape index (κ3) is 7.20. The summed E-state index contributed by atoms with van der Waals surface area (Å²) >= 11 is 0. The molecule has 3 rings (SSSR count). The number of alkyl halides is 1. The van der Waals surface area contributed by atoms with Crippen molar-refractivity contribution < 1.29 is 28.7 Å². The van der Waals surface area contributed by atoms with Gasteiger partial charge in [0.05, 0.1) is 6.42 Å². The number of nitrogens with one attached hydrogen (secondary N) is 1. The molecule has 0 spiro atoms. The largest absolute Gasteiger partial charge is 0.481 e. The van der Waals surface area contributed by atoms with Gasteiger partial charge in [0.1, 0.15) is 18.4 Å². The second kappa shape index (κ2) is 12.9. The zero-order chi connectivity index (χ0) is 26.8. The van der Waals surface area contributed by atoms with E-state index < -0.39 is 48.3 Å². The summed E-state index contributed by atoms with van der Waals surface area (Å²) < 4.78 is 14.2. The van der Waals surface area contributed by atoms with E-state index in [2.05, 4.69) is 5.32 Å². The molecule has 1 heterocycles. The lowest BCUT2D eigenvalue weighted by atomic mass is 10.1. The van der Waals surface area contributed by atoms with E-state index in [1.54, 1.807) is 30.3 Å². The maximum atomic E-state index is 13.4. The number of benzene rings is 2. The van der Waals surface area contributed by atoms with Gasteiger partial charge in [-0.3, -0.25) is 24.0 Å². The number of nitrogens with zero attached hydrogens (tertiary/aromatic N) is 2. The number of Topliss-reactive ketones (excluding diaryl/α,β-unsaturated/α-hetero) is 1. The van der Waals surface area contributed by atoms with Crippen LogP contribution < -0.4 is 15.9 Å². The number of aryl methyl sites for hydroxylation is 1. The minimum Gasteiger partial charge on any atom is -0.481 e. The molecule has 0 saturated carbocycles. The van der Waals surface area contributed by atoms with E-state index in [0.717, 1.165) is 16.4 Å². The molecule has 1 atom stereocenters. The minimum atomic E-state index is -1.76. The Bertz CT molecular complexity index is 1310. The summed E-state index contributed by atoms with van der Waals surface area (Å²) in [5, 5.41) is 12.5. The van der Waals surface area contributed by atoms with Crippen molar-refractivity contribution >= 4 is 29.3 Å². The van der Waals surface area contributed by atoms with Crippen molar-refractivity contribution in [2.24, 2.45) is 0 Å². The number of ketones is 1. The lowest BCUT2D eigenvalue weighted by Crippen LogP contribution is -2.56. The number of carbonyl (C=O) groups is 4. The number of aromatic nitrogens is 1. The highest BCUT2D eigenvalue weighted by Gasteiger charge is 2.34. The third-order valence-corrected chi connectivity index (χ3v) is 5.57. The summed E-state index contributed by atoms with van der Waals surface area (Å²) in [6.07, 6.45) is 0.971. The van der Waals surface area contributed by atoms with E-state index in [1.807, 2.05) is 30.3 Å². The van der Waals surface area contributed by atoms with Gasteiger partial charge in [0.15, 0.2) is 5.78 Å². The van der Waals surface area contributed by atoms with Crippen molar-refractivity contribution in [2.45, 2.75) is 31.7 Å². The molecule has 37 heavy (non-hydrogen) atoms. The van der Waals surface area contributed by atoms with Gasteiger partial charge in [-0.05, 0) is 42.7 Å². The molecule has 10 heteroatoms.